The van der Waals surface area contributed by atoms with Crippen molar-refractivity contribution in [2.45, 2.75) is 38.7 Å². The fourth-order valence-electron chi connectivity index (χ4n) is 2.82. The molecule has 23 heavy (non-hydrogen) atoms. The first-order valence-corrected chi connectivity index (χ1v) is 8.21. The van der Waals surface area contributed by atoms with E-state index < -0.39 is 0 Å². The SMILES string of the molecule is CC(C)c1c(NC(=O)C2CCCO2)cnn1-c1ccccc1Cl. The summed E-state index contributed by atoms with van der Waals surface area (Å²) in [4.78, 5) is 12.3. The second kappa shape index (κ2) is 6.72. The molecule has 1 aliphatic heterocycles. The molecule has 1 aliphatic rings. The molecule has 6 heteroatoms. The Labute approximate surface area is 140 Å². The Morgan fingerprint density at radius 3 is 2.87 bits per heavy atom. The van der Waals surface area contributed by atoms with Gasteiger partial charge < -0.3 is 10.1 Å². The molecule has 1 unspecified atom stereocenters. The molecule has 0 spiro atoms. The summed E-state index contributed by atoms with van der Waals surface area (Å²) in [6, 6.07) is 7.53. The van der Waals surface area contributed by atoms with Crippen LogP contribution in [-0.2, 0) is 9.53 Å². The number of ether oxygens (including phenoxy) is 1. The summed E-state index contributed by atoms with van der Waals surface area (Å²) in [5, 5.41) is 8.00. The van der Waals surface area contributed by atoms with Gasteiger partial charge in [0, 0.05) is 6.61 Å². The van der Waals surface area contributed by atoms with Gasteiger partial charge in [0.05, 0.1) is 28.3 Å². The first kappa shape index (κ1) is 16.0. The van der Waals surface area contributed by atoms with Gasteiger partial charge in [-0.15, -0.1) is 0 Å². The average Bonchev–Trinajstić information content (AvgIpc) is 3.17. The molecule has 1 atom stereocenters. The van der Waals surface area contributed by atoms with Crippen LogP contribution in [0, 0.1) is 0 Å². The lowest BCUT2D eigenvalue weighted by Gasteiger charge is -2.15. The first-order valence-electron chi connectivity index (χ1n) is 7.83. The Balaban J connectivity index is 1.93. The van der Waals surface area contributed by atoms with E-state index in [-0.39, 0.29) is 17.9 Å². The maximum absolute atomic E-state index is 12.3. The van der Waals surface area contributed by atoms with E-state index in [1.165, 1.54) is 0 Å². The Morgan fingerprint density at radius 2 is 2.22 bits per heavy atom. The lowest BCUT2D eigenvalue weighted by atomic mass is 10.1. The molecular weight excluding hydrogens is 314 g/mol. The molecule has 1 aromatic heterocycles. The molecule has 0 saturated carbocycles. The smallest absolute Gasteiger partial charge is 0.253 e. The van der Waals surface area contributed by atoms with E-state index in [0.717, 1.165) is 24.2 Å². The molecule has 1 amide bonds. The standard InChI is InChI=1S/C17H20ClN3O2/c1-11(2)16-13(20-17(22)15-8-5-9-23-15)10-19-21(16)14-7-4-3-6-12(14)18/h3-4,6-7,10-11,15H,5,8-9H2,1-2H3,(H,20,22). The van der Waals surface area contributed by atoms with Crippen LogP contribution in [0.15, 0.2) is 30.5 Å². The van der Waals surface area contributed by atoms with Crippen molar-refractivity contribution in [2.75, 3.05) is 11.9 Å². The minimum absolute atomic E-state index is 0.108. The fourth-order valence-corrected chi connectivity index (χ4v) is 3.04. The molecule has 2 heterocycles. The molecule has 3 rings (SSSR count). The van der Waals surface area contributed by atoms with Gasteiger partial charge in [-0.25, -0.2) is 4.68 Å². The highest BCUT2D eigenvalue weighted by Gasteiger charge is 2.26. The Hall–Kier alpha value is -1.85. The maximum atomic E-state index is 12.3. The first-order chi connectivity index (χ1) is 11.1. The largest absolute Gasteiger partial charge is 0.368 e. The topological polar surface area (TPSA) is 56.1 Å². The van der Waals surface area contributed by atoms with Crippen molar-refractivity contribution in [2.24, 2.45) is 0 Å². The number of rotatable bonds is 4. The van der Waals surface area contributed by atoms with Gasteiger partial charge in [-0.3, -0.25) is 4.79 Å². The monoisotopic (exact) mass is 333 g/mol. The van der Waals surface area contributed by atoms with Gasteiger partial charge in [-0.05, 0) is 30.9 Å². The molecule has 0 aliphatic carbocycles. The molecule has 122 valence electrons. The van der Waals surface area contributed by atoms with E-state index >= 15 is 0 Å². The minimum Gasteiger partial charge on any atom is -0.368 e. The summed E-state index contributed by atoms with van der Waals surface area (Å²) in [5.74, 6) is 0.0664. The van der Waals surface area contributed by atoms with Crippen LogP contribution >= 0.6 is 11.6 Å². The van der Waals surface area contributed by atoms with E-state index in [4.69, 9.17) is 16.3 Å². The number of amides is 1. The number of hydrogen-bond donors (Lipinski definition) is 1. The molecule has 2 aromatic rings. The number of para-hydroxylation sites is 1. The fraction of sp³-hybridized carbons (Fsp3) is 0.412. The summed E-state index contributed by atoms with van der Waals surface area (Å²) in [6.07, 6.45) is 3.00. The van der Waals surface area contributed by atoms with Crippen LogP contribution < -0.4 is 5.32 Å². The molecular formula is C17H20ClN3O2. The summed E-state index contributed by atoms with van der Waals surface area (Å²) >= 11 is 6.29. The third-order valence-electron chi connectivity index (χ3n) is 3.91. The van der Waals surface area contributed by atoms with Crippen LogP contribution in [0.3, 0.4) is 0 Å². The number of carbonyl (C=O) groups is 1. The predicted octanol–water partition coefficient (Wildman–Crippen LogP) is 3.77. The Bertz CT molecular complexity index is 706. The normalized spacial score (nSPS) is 17.7. The molecule has 5 nitrogen and oxygen atoms in total. The van der Waals surface area contributed by atoms with Crippen LogP contribution in [0.4, 0.5) is 5.69 Å². The zero-order chi connectivity index (χ0) is 16.4. The van der Waals surface area contributed by atoms with Gasteiger partial charge in [0.15, 0.2) is 0 Å². The maximum Gasteiger partial charge on any atom is 0.253 e. The van der Waals surface area contributed by atoms with Crippen LogP contribution in [0.5, 0.6) is 0 Å². The second-order valence-corrected chi connectivity index (χ2v) is 6.36. The van der Waals surface area contributed by atoms with Gasteiger partial charge in [-0.1, -0.05) is 37.6 Å². The predicted molar refractivity (Wildman–Crippen MR) is 90.3 cm³/mol. The summed E-state index contributed by atoms with van der Waals surface area (Å²) in [5.41, 5.74) is 2.43. The van der Waals surface area contributed by atoms with Crippen molar-refractivity contribution < 1.29 is 9.53 Å². The number of aromatic nitrogens is 2. The number of anilines is 1. The molecule has 1 saturated heterocycles. The number of nitrogens with zero attached hydrogens (tertiary/aromatic N) is 2. The molecule has 0 radical (unpaired) electrons. The van der Waals surface area contributed by atoms with Gasteiger partial charge >= 0.3 is 0 Å². The van der Waals surface area contributed by atoms with Crippen LogP contribution in [-0.4, -0.2) is 28.4 Å². The molecule has 1 fully saturated rings. The lowest BCUT2D eigenvalue weighted by Crippen LogP contribution is -2.27. The van der Waals surface area contributed by atoms with Gasteiger partial charge in [0.2, 0.25) is 0 Å². The van der Waals surface area contributed by atoms with E-state index in [1.54, 1.807) is 10.9 Å². The number of benzene rings is 1. The van der Waals surface area contributed by atoms with Crippen molar-refractivity contribution >= 4 is 23.2 Å². The van der Waals surface area contributed by atoms with E-state index in [1.807, 2.05) is 24.3 Å². The third kappa shape index (κ3) is 3.26. The highest BCUT2D eigenvalue weighted by Crippen LogP contribution is 2.30. The van der Waals surface area contributed by atoms with Crippen LogP contribution in [0.2, 0.25) is 5.02 Å². The van der Waals surface area contributed by atoms with Gasteiger partial charge in [0.25, 0.3) is 5.91 Å². The highest BCUT2D eigenvalue weighted by molar-refractivity contribution is 6.32. The van der Waals surface area contributed by atoms with Crippen molar-refractivity contribution in [3.05, 3.63) is 41.2 Å². The van der Waals surface area contributed by atoms with E-state index in [9.17, 15) is 4.79 Å². The summed E-state index contributed by atoms with van der Waals surface area (Å²) < 4.78 is 7.23. The number of carbonyl (C=O) groups excluding carboxylic acids is 1. The second-order valence-electron chi connectivity index (χ2n) is 5.95. The molecule has 1 N–H and O–H groups in total. The van der Waals surface area contributed by atoms with E-state index in [2.05, 4.69) is 24.3 Å². The summed E-state index contributed by atoms with van der Waals surface area (Å²) in [6.45, 7) is 4.77. The van der Waals surface area contributed by atoms with Crippen molar-refractivity contribution in [3.8, 4) is 5.69 Å². The average molecular weight is 334 g/mol. The number of hydrogen-bond acceptors (Lipinski definition) is 3. The van der Waals surface area contributed by atoms with Crippen molar-refractivity contribution in [1.29, 1.82) is 0 Å². The van der Waals surface area contributed by atoms with Gasteiger partial charge in [0.1, 0.15) is 6.10 Å². The Morgan fingerprint density at radius 1 is 1.43 bits per heavy atom. The zero-order valence-corrected chi connectivity index (χ0v) is 14.0. The summed E-state index contributed by atoms with van der Waals surface area (Å²) in [7, 11) is 0. The van der Waals surface area contributed by atoms with E-state index in [0.29, 0.717) is 17.3 Å². The molecule has 1 aromatic carbocycles. The number of nitrogens with one attached hydrogen (secondary N) is 1. The Kier molecular flexibility index (Phi) is 4.68. The van der Waals surface area contributed by atoms with Crippen LogP contribution in [0.1, 0.15) is 38.3 Å². The minimum atomic E-state index is -0.362. The quantitative estimate of drug-likeness (QED) is 0.926. The van der Waals surface area contributed by atoms with Crippen molar-refractivity contribution in [3.63, 3.8) is 0 Å². The zero-order valence-electron chi connectivity index (χ0n) is 13.3. The number of halogens is 1. The van der Waals surface area contributed by atoms with Crippen LogP contribution in [0.25, 0.3) is 5.69 Å². The van der Waals surface area contributed by atoms with Gasteiger partial charge in [-0.2, -0.15) is 5.10 Å². The third-order valence-corrected chi connectivity index (χ3v) is 4.23. The lowest BCUT2D eigenvalue weighted by molar-refractivity contribution is -0.124. The van der Waals surface area contributed by atoms with Crippen molar-refractivity contribution in [1.82, 2.24) is 9.78 Å². The highest BCUT2D eigenvalue weighted by atomic mass is 35.5. The molecule has 0 bridgehead atoms.